The summed E-state index contributed by atoms with van der Waals surface area (Å²) in [4.78, 5) is 5.51. The molecule has 0 spiro atoms. The minimum Gasteiger partial charge on any atom is -0.510 e. The van der Waals surface area contributed by atoms with E-state index in [-0.39, 0.29) is 21.1 Å². The molecule has 0 bridgehead atoms. The number of nitrogens with zero attached hydrogens (tertiary/aromatic N) is 4. The SMILES string of the molecule is Cn1[c-][n+](-c2[c-]c(Oc3[c-]c4c(cc3)c3ccccc3n4-c3nc4ccc5cccc(c5-4)c4cccc5ccc3-c54)ccc2)c2ccccc21.[Pt]. The summed E-state index contributed by atoms with van der Waals surface area (Å²) in [5, 5.41) is 7.04. The molecule has 5 nitrogen and oxygen atoms in total. The van der Waals surface area contributed by atoms with Crippen LogP contribution < -0.4 is 9.30 Å². The van der Waals surface area contributed by atoms with Crippen LogP contribution in [0.2, 0.25) is 0 Å². The molecule has 3 heterocycles. The molecule has 2 aliphatic carbocycles. The second-order valence-corrected chi connectivity index (χ2v) is 12.9. The molecular weight excluding hydrogens is 808 g/mol. The Morgan fingerprint density at radius 2 is 1.29 bits per heavy atom. The van der Waals surface area contributed by atoms with E-state index in [4.69, 9.17) is 9.72 Å². The molecule has 3 aliphatic rings. The predicted molar refractivity (Wildman–Crippen MR) is 199 cm³/mol. The first kappa shape index (κ1) is 29.8. The van der Waals surface area contributed by atoms with Crippen LogP contribution in [0, 0.1) is 18.5 Å². The number of hydrogen-bond donors (Lipinski definition) is 0. The van der Waals surface area contributed by atoms with Crippen LogP contribution >= 0.6 is 0 Å². The summed E-state index contributed by atoms with van der Waals surface area (Å²) in [7, 11) is 2.00. The number of aromatic nitrogens is 4. The van der Waals surface area contributed by atoms with Gasteiger partial charge in [0, 0.05) is 54.8 Å². The predicted octanol–water partition coefficient (Wildman–Crippen LogP) is 10.1. The first-order chi connectivity index (χ1) is 24.7. The van der Waals surface area contributed by atoms with E-state index in [1.54, 1.807) is 0 Å². The van der Waals surface area contributed by atoms with E-state index in [1.807, 2.05) is 52.6 Å². The number of aryl methyl sites for hydroxylation is 1. The van der Waals surface area contributed by atoms with E-state index in [2.05, 4.69) is 126 Å². The van der Waals surface area contributed by atoms with Crippen LogP contribution in [0.3, 0.4) is 0 Å². The van der Waals surface area contributed by atoms with Gasteiger partial charge in [-0.15, -0.1) is 29.7 Å². The Labute approximate surface area is 307 Å². The van der Waals surface area contributed by atoms with Crippen LogP contribution in [0.15, 0.2) is 140 Å². The number of hydrogen-bond acceptors (Lipinski definition) is 2. The molecule has 0 saturated carbocycles. The third-order valence-corrected chi connectivity index (χ3v) is 10.0. The zero-order chi connectivity index (χ0) is 32.9. The number of rotatable bonds is 4. The van der Waals surface area contributed by atoms with Crippen LogP contribution in [-0.4, -0.2) is 14.1 Å². The van der Waals surface area contributed by atoms with Gasteiger partial charge in [-0.25, -0.2) is 4.98 Å². The number of fused-ring (bicyclic) bond motifs is 5. The van der Waals surface area contributed by atoms with Crippen LogP contribution in [0.25, 0.3) is 88.3 Å². The van der Waals surface area contributed by atoms with Gasteiger partial charge in [-0.2, -0.15) is 18.2 Å². The second-order valence-electron chi connectivity index (χ2n) is 12.9. The first-order valence-corrected chi connectivity index (χ1v) is 16.7. The molecule has 6 aromatic carbocycles. The molecule has 244 valence electrons. The van der Waals surface area contributed by atoms with Crippen molar-refractivity contribution < 1.29 is 30.4 Å². The fraction of sp³-hybridized carbons (Fsp3) is 0.0222. The smallest absolute Gasteiger partial charge is 0.242 e. The van der Waals surface area contributed by atoms with Crippen LogP contribution in [0.4, 0.5) is 0 Å². The van der Waals surface area contributed by atoms with Crippen molar-refractivity contribution in [3.05, 3.63) is 158 Å². The van der Waals surface area contributed by atoms with Crippen LogP contribution in [-0.2, 0) is 28.1 Å². The van der Waals surface area contributed by atoms with Gasteiger partial charge in [-0.05, 0) is 45.1 Å². The second kappa shape index (κ2) is 11.2. The minimum atomic E-state index is 0. The number of ether oxygens (including phenoxy) is 1. The van der Waals surface area contributed by atoms with Crippen molar-refractivity contribution in [3.8, 4) is 45.4 Å². The molecule has 6 heteroatoms. The quantitative estimate of drug-likeness (QED) is 0.131. The standard InChI is InChI=1S/C45H26N4O.Pt/c1-47-27-48(41-18-5-4-17-40(41)47)30-11-8-12-31(25-30)50-32-21-23-34-33-13-2-3-16-39(33)49(42(34)26-32)45-37-22-19-28-9-6-14-35(43(28)37)36-15-7-10-29-20-24-38(46-45)44(29)36;/h2-24H,1H3;/q-2;. The minimum absolute atomic E-state index is 0. The average Bonchev–Trinajstić information content (AvgIpc) is 3.92. The van der Waals surface area contributed by atoms with Gasteiger partial charge < -0.3 is 18.4 Å². The van der Waals surface area contributed by atoms with Gasteiger partial charge in [-0.3, -0.25) is 0 Å². The van der Waals surface area contributed by atoms with Gasteiger partial charge >= 0.3 is 0 Å². The Bertz CT molecular complexity index is 3050. The van der Waals surface area contributed by atoms with Gasteiger partial charge in [0.1, 0.15) is 5.82 Å². The molecular formula is C45H26N4OPt-2. The zero-order valence-corrected chi connectivity index (χ0v) is 29.6. The van der Waals surface area contributed by atoms with Gasteiger partial charge in [0.15, 0.2) is 0 Å². The monoisotopic (exact) mass is 833 g/mol. The third-order valence-electron chi connectivity index (χ3n) is 10.0. The zero-order valence-electron chi connectivity index (χ0n) is 27.3. The van der Waals surface area contributed by atoms with Crippen LogP contribution in [0.5, 0.6) is 11.5 Å². The fourth-order valence-electron chi connectivity index (χ4n) is 7.86. The summed E-state index contributed by atoms with van der Waals surface area (Å²) >= 11 is 0. The normalized spacial score (nSPS) is 11.9. The van der Waals surface area contributed by atoms with E-state index in [0.29, 0.717) is 11.5 Å². The van der Waals surface area contributed by atoms with Crippen molar-refractivity contribution in [3.63, 3.8) is 0 Å². The largest absolute Gasteiger partial charge is 0.510 e. The molecule has 0 radical (unpaired) electrons. The number of para-hydroxylation sites is 3. The van der Waals surface area contributed by atoms with Crippen molar-refractivity contribution in [2.24, 2.45) is 7.05 Å². The summed E-state index contributed by atoms with van der Waals surface area (Å²) in [6.45, 7) is 0. The molecule has 0 unspecified atom stereocenters. The van der Waals surface area contributed by atoms with E-state index in [1.165, 1.54) is 32.7 Å². The number of benzene rings is 6. The molecule has 0 atom stereocenters. The summed E-state index contributed by atoms with van der Waals surface area (Å²) in [6, 6.07) is 55.8. The van der Waals surface area contributed by atoms with Gasteiger partial charge in [-0.1, -0.05) is 102 Å². The van der Waals surface area contributed by atoms with E-state index < -0.39 is 0 Å². The van der Waals surface area contributed by atoms with Gasteiger partial charge in [0.2, 0.25) is 6.33 Å². The maximum Gasteiger partial charge on any atom is 0.242 e. The van der Waals surface area contributed by atoms with Crippen LogP contribution in [0.1, 0.15) is 0 Å². The summed E-state index contributed by atoms with van der Waals surface area (Å²) in [5.74, 6) is 2.06. The summed E-state index contributed by atoms with van der Waals surface area (Å²) in [5.41, 5.74) is 9.38. The van der Waals surface area contributed by atoms with Gasteiger partial charge in [0.25, 0.3) is 0 Å². The molecule has 0 amide bonds. The molecule has 1 aliphatic heterocycles. The summed E-state index contributed by atoms with van der Waals surface area (Å²) in [6.07, 6.45) is 3.40. The fourth-order valence-corrected chi connectivity index (χ4v) is 7.86. The summed E-state index contributed by atoms with van der Waals surface area (Å²) < 4.78 is 12.8. The molecule has 51 heavy (non-hydrogen) atoms. The Hall–Kier alpha value is -6.03. The molecule has 0 saturated heterocycles. The Kier molecular flexibility index (Phi) is 6.58. The van der Waals surface area contributed by atoms with Crippen molar-refractivity contribution in [2.45, 2.75) is 0 Å². The average molecular weight is 834 g/mol. The third kappa shape index (κ3) is 4.38. The maximum atomic E-state index is 6.53. The molecule has 0 N–H and O–H groups in total. The molecule has 0 fully saturated rings. The molecule has 8 aromatic rings. The van der Waals surface area contributed by atoms with Gasteiger partial charge in [0.05, 0.1) is 23.8 Å². The first-order valence-electron chi connectivity index (χ1n) is 16.7. The Morgan fingerprint density at radius 1 is 0.588 bits per heavy atom. The van der Waals surface area contributed by atoms with E-state index in [9.17, 15) is 0 Å². The van der Waals surface area contributed by atoms with Crippen molar-refractivity contribution in [1.29, 1.82) is 0 Å². The van der Waals surface area contributed by atoms with Crippen molar-refractivity contribution in [1.82, 2.24) is 14.1 Å². The maximum absolute atomic E-state index is 6.53. The van der Waals surface area contributed by atoms with E-state index in [0.717, 1.165) is 55.6 Å². The Morgan fingerprint density at radius 3 is 2.18 bits per heavy atom. The topological polar surface area (TPSA) is 35.9 Å². The number of imidazole rings is 1. The molecule has 11 rings (SSSR count). The van der Waals surface area contributed by atoms with Crippen molar-refractivity contribution in [2.75, 3.05) is 0 Å². The van der Waals surface area contributed by atoms with Crippen molar-refractivity contribution >= 4 is 54.4 Å². The van der Waals surface area contributed by atoms with E-state index >= 15 is 0 Å². The molecule has 2 aromatic heterocycles. The Balaban J connectivity index is 0.00000327.